The summed E-state index contributed by atoms with van der Waals surface area (Å²) in [6.07, 6.45) is 10.5. The molecular formula is C19H23N7. The summed E-state index contributed by atoms with van der Waals surface area (Å²) in [5, 5.41) is 3.23. The number of likely N-dealkylation sites (tertiary alicyclic amines) is 1. The van der Waals surface area contributed by atoms with Crippen LogP contribution in [-0.4, -0.2) is 42.9 Å². The molecule has 4 rings (SSSR count). The van der Waals surface area contributed by atoms with Gasteiger partial charge in [0, 0.05) is 36.9 Å². The molecule has 0 unspecified atom stereocenters. The zero-order valence-corrected chi connectivity index (χ0v) is 14.7. The molecule has 0 aliphatic carbocycles. The number of imidazole rings is 1. The van der Waals surface area contributed by atoms with Crippen LogP contribution in [0.15, 0.2) is 49.2 Å². The van der Waals surface area contributed by atoms with Gasteiger partial charge in [-0.05, 0) is 43.9 Å². The molecular weight excluding hydrogens is 326 g/mol. The Kier molecular flexibility index (Phi) is 5.16. The highest BCUT2D eigenvalue weighted by atomic mass is 15.2. The number of pyridine rings is 1. The van der Waals surface area contributed by atoms with Crippen molar-refractivity contribution < 1.29 is 0 Å². The summed E-state index contributed by atoms with van der Waals surface area (Å²) >= 11 is 0. The average molecular weight is 349 g/mol. The van der Waals surface area contributed by atoms with Gasteiger partial charge in [-0.3, -0.25) is 4.90 Å². The van der Waals surface area contributed by atoms with Gasteiger partial charge < -0.3 is 10.3 Å². The fraction of sp³-hybridized carbons (Fsp3) is 0.368. The number of nitrogens with one attached hydrogen (secondary N) is 2. The van der Waals surface area contributed by atoms with Gasteiger partial charge in [0.15, 0.2) is 0 Å². The Bertz CT molecular complexity index is 804. The largest absolute Gasteiger partial charge is 0.348 e. The van der Waals surface area contributed by atoms with Crippen LogP contribution >= 0.6 is 0 Å². The molecule has 134 valence electrons. The van der Waals surface area contributed by atoms with Crippen molar-refractivity contribution in [1.82, 2.24) is 29.8 Å². The molecule has 7 heteroatoms. The molecule has 1 aliphatic heterocycles. The summed E-state index contributed by atoms with van der Waals surface area (Å²) in [4.78, 5) is 23.1. The van der Waals surface area contributed by atoms with E-state index < -0.39 is 0 Å². The Morgan fingerprint density at radius 3 is 2.96 bits per heavy atom. The Morgan fingerprint density at radius 1 is 1.12 bits per heavy atom. The van der Waals surface area contributed by atoms with Crippen molar-refractivity contribution in [2.45, 2.75) is 25.8 Å². The summed E-state index contributed by atoms with van der Waals surface area (Å²) in [7, 11) is 0. The second-order valence-corrected chi connectivity index (χ2v) is 6.72. The SMILES string of the molecule is c1ccc(Nc2cc(C[C@@H]3CCCN(Cc4ncc[nH]4)C3)ncn2)nc1. The molecule has 7 nitrogen and oxygen atoms in total. The molecule has 3 aromatic rings. The molecule has 0 spiro atoms. The van der Waals surface area contributed by atoms with Crippen molar-refractivity contribution in [3.8, 4) is 0 Å². The fourth-order valence-corrected chi connectivity index (χ4v) is 3.50. The van der Waals surface area contributed by atoms with Crippen LogP contribution in [0, 0.1) is 5.92 Å². The maximum absolute atomic E-state index is 4.47. The topological polar surface area (TPSA) is 82.6 Å². The number of hydrogen-bond donors (Lipinski definition) is 2. The first-order valence-electron chi connectivity index (χ1n) is 9.05. The van der Waals surface area contributed by atoms with E-state index in [4.69, 9.17) is 0 Å². The Hall–Kier alpha value is -2.80. The van der Waals surface area contributed by atoms with Gasteiger partial charge in [-0.25, -0.2) is 19.9 Å². The maximum atomic E-state index is 4.47. The van der Waals surface area contributed by atoms with Crippen LogP contribution in [0.3, 0.4) is 0 Å². The quantitative estimate of drug-likeness (QED) is 0.712. The minimum absolute atomic E-state index is 0.608. The first kappa shape index (κ1) is 16.7. The second-order valence-electron chi connectivity index (χ2n) is 6.72. The van der Waals surface area contributed by atoms with Crippen LogP contribution in [0.1, 0.15) is 24.4 Å². The zero-order chi connectivity index (χ0) is 17.6. The third-order valence-corrected chi connectivity index (χ3v) is 4.67. The lowest BCUT2D eigenvalue weighted by Crippen LogP contribution is -2.36. The Morgan fingerprint density at radius 2 is 2.12 bits per heavy atom. The predicted octanol–water partition coefficient (Wildman–Crippen LogP) is 2.79. The Balaban J connectivity index is 1.36. The van der Waals surface area contributed by atoms with Crippen LogP contribution in [-0.2, 0) is 13.0 Å². The molecule has 0 aromatic carbocycles. The van der Waals surface area contributed by atoms with Crippen LogP contribution in [0.5, 0.6) is 0 Å². The number of rotatable bonds is 6. The van der Waals surface area contributed by atoms with E-state index in [2.05, 4.69) is 35.1 Å². The van der Waals surface area contributed by atoms with Gasteiger partial charge >= 0.3 is 0 Å². The van der Waals surface area contributed by atoms with Gasteiger partial charge in [-0.2, -0.15) is 0 Å². The van der Waals surface area contributed by atoms with E-state index in [0.717, 1.165) is 49.2 Å². The summed E-state index contributed by atoms with van der Waals surface area (Å²) in [6.45, 7) is 3.10. The summed E-state index contributed by atoms with van der Waals surface area (Å²) in [6, 6.07) is 7.80. The van der Waals surface area contributed by atoms with Gasteiger partial charge in [0.1, 0.15) is 23.8 Å². The number of anilines is 2. The van der Waals surface area contributed by atoms with E-state index in [1.54, 1.807) is 12.5 Å². The van der Waals surface area contributed by atoms with Crippen molar-refractivity contribution >= 4 is 11.6 Å². The normalized spacial score (nSPS) is 17.9. The van der Waals surface area contributed by atoms with Crippen molar-refractivity contribution in [3.63, 3.8) is 0 Å². The van der Waals surface area contributed by atoms with Crippen molar-refractivity contribution in [2.75, 3.05) is 18.4 Å². The van der Waals surface area contributed by atoms with E-state index in [9.17, 15) is 0 Å². The predicted molar refractivity (Wildman–Crippen MR) is 99.8 cm³/mol. The standard InChI is InChI=1S/C19H23N7/c1-2-6-20-17(5-1)25-18-11-16(23-14-24-18)10-15-4-3-9-26(12-15)13-19-21-7-8-22-19/h1-2,5-8,11,14-15H,3-4,9-10,12-13H2,(H,21,22)(H,20,23,24,25)/t15-/m0/s1. The lowest BCUT2D eigenvalue weighted by atomic mass is 9.93. The molecule has 1 saturated heterocycles. The molecule has 0 amide bonds. The number of piperidine rings is 1. The highest BCUT2D eigenvalue weighted by molar-refractivity contribution is 5.50. The molecule has 3 aromatic heterocycles. The van der Waals surface area contributed by atoms with Crippen molar-refractivity contribution in [2.24, 2.45) is 5.92 Å². The van der Waals surface area contributed by atoms with Gasteiger partial charge in [0.25, 0.3) is 0 Å². The van der Waals surface area contributed by atoms with Crippen LogP contribution in [0.4, 0.5) is 11.6 Å². The summed E-state index contributed by atoms with van der Waals surface area (Å²) in [5.41, 5.74) is 1.07. The summed E-state index contributed by atoms with van der Waals surface area (Å²) < 4.78 is 0. The number of aromatic nitrogens is 5. The molecule has 26 heavy (non-hydrogen) atoms. The van der Waals surface area contributed by atoms with E-state index in [-0.39, 0.29) is 0 Å². The van der Waals surface area contributed by atoms with Crippen LogP contribution < -0.4 is 5.32 Å². The molecule has 1 atom stereocenters. The van der Waals surface area contributed by atoms with E-state index in [1.165, 1.54) is 12.8 Å². The van der Waals surface area contributed by atoms with E-state index in [1.807, 2.05) is 36.7 Å². The van der Waals surface area contributed by atoms with Crippen LogP contribution in [0.2, 0.25) is 0 Å². The molecule has 1 aliphatic rings. The van der Waals surface area contributed by atoms with E-state index >= 15 is 0 Å². The number of aromatic amines is 1. The average Bonchev–Trinajstić information content (AvgIpc) is 3.16. The highest BCUT2D eigenvalue weighted by Gasteiger charge is 2.21. The molecule has 0 saturated carbocycles. The minimum Gasteiger partial charge on any atom is -0.348 e. The molecule has 2 N–H and O–H groups in total. The Labute approximate surface area is 152 Å². The monoisotopic (exact) mass is 349 g/mol. The minimum atomic E-state index is 0.608. The lowest BCUT2D eigenvalue weighted by molar-refractivity contribution is 0.163. The fourth-order valence-electron chi connectivity index (χ4n) is 3.50. The molecule has 4 heterocycles. The molecule has 1 fully saturated rings. The maximum Gasteiger partial charge on any atom is 0.135 e. The first-order chi connectivity index (χ1) is 12.8. The van der Waals surface area contributed by atoms with Gasteiger partial charge in [-0.15, -0.1) is 0 Å². The third-order valence-electron chi connectivity index (χ3n) is 4.67. The first-order valence-corrected chi connectivity index (χ1v) is 9.05. The number of H-pyrrole nitrogens is 1. The molecule has 0 bridgehead atoms. The third kappa shape index (κ3) is 4.43. The van der Waals surface area contributed by atoms with Crippen molar-refractivity contribution in [3.05, 3.63) is 60.7 Å². The van der Waals surface area contributed by atoms with Gasteiger partial charge in [0.05, 0.1) is 6.54 Å². The van der Waals surface area contributed by atoms with Gasteiger partial charge in [0.2, 0.25) is 0 Å². The number of nitrogens with zero attached hydrogens (tertiary/aromatic N) is 5. The van der Waals surface area contributed by atoms with E-state index in [0.29, 0.717) is 5.92 Å². The summed E-state index contributed by atoms with van der Waals surface area (Å²) in [5.74, 6) is 3.22. The number of hydrogen-bond acceptors (Lipinski definition) is 6. The van der Waals surface area contributed by atoms with Crippen LogP contribution in [0.25, 0.3) is 0 Å². The highest BCUT2D eigenvalue weighted by Crippen LogP contribution is 2.22. The molecule has 0 radical (unpaired) electrons. The smallest absolute Gasteiger partial charge is 0.135 e. The lowest BCUT2D eigenvalue weighted by Gasteiger charge is -2.32. The zero-order valence-electron chi connectivity index (χ0n) is 14.7. The van der Waals surface area contributed by atoms with Crippen molar-refractivity contribution in [1.29, 1.82) is 0 Å². The second kappa shape index (κ2) is 8.05. The van der Waals surface area contributed by atoms with Gasteiger partial charge in [-0.1, -0.05) is 6.07 Å².